The summed E-state index contributed by atoms with van der Waals surface area (Å²) in [4.78, 5) is 34.0. The van der Waals surface area contributed by atoms with Gasteiger partial charge in [0.15, 0.2) is 5.78 Å². The molecule has 2 aromatic carbocycles. The molecule has 8 heteroatoms. The molecule has 0 aliphatic heterocycles. The molecule has 2 rings (SSSR count). The first-order chi connectivity index (χ1) is 11.8. The minimum Gasteiger partial charge on any atom is -0.496 e. The summed E-state index contributed by atoms with van der Waals surface area (Å²) in [6.45, 7) is 1.19. The number of esters is 1. The first-order valence-corrected chi connectivity index (χ1v) is 7.50. The molecular formula is C17H14ClNO6. The Labute approximate surface area is 148 Å². The van der Waals surface area contributed by atoms with Crippen LogP contribution in [0.15, 0.2) is 36.4 Å². The van der Waals surface area contributed by atoms with Crippen LogP contribution in [0.1, 0.15) is 33.2 Å². The number of carbonyl (C=O) groups is 2. The predicted octanol–water partition coefficient (Wildman–Crippen LogP) is 3.82. The van der Waals surface area contributed by atoms with Crippen LogP contribution in [0.4, 0.5) is 5.69 Å². The highest BCUT2D eigenvalue weighted by Gasteiger charge is 2.22. The molecule has 0 aliphatic rings. The summed E-state index contributed by atoms with van der Waals surface area (Å²) in [5, 5.41) is 11.2. The maximum Gasteiger partial charge on any atom is 0.345 e. The Morgan fingerprint density at radius 3 is 2.52 bits per heavy atom. The summed E-state index contributed by atoms with van der Waals surface area (Å²) in [7, 11) is 1.44. The van der Waals surface area contributed by atoms with E-state index >= 15 is 0 Å². The highest BCUT2D eigenvalue weighted by atomic mass is 35.5. The van der Waals surface area contributed by atoms with Crippen LogP contribution < -0.4 is 4.74 Å². The number of nitro groups is 1. The quantitative estimate of drug-likeness (QED) is 0.335. The molecule has 0 atom stereocenters. The average molecular weight is 364 g/mol. The first-order valence-electron chi connectivity index (χ1n) is 7.12. The number of ketones is 1. The third-order valence-electron chi connectivity index (χ3n) is 3.42. The van der Waals surface area contributed by atoms with Gasteiger partial charge in [0, 0.05) is 22.2 Å². The Kier molecular flexibility index (Phi) is 5.71. The molecule has 7 nitrogen and oxygen atoms in total. The van der Waals surface area contributed by atoms with E-state index in [0.717, 1.165) is 6.07 Å². The van der Waals surface area contributed by atoms with E-state index < -0.39 is 16.6 Å². The number of ether oxygens (including phenoxy) is 2. The number of benzene rings is 2. The minimum absolute atomic E-state index is 0.152. The van der Waals surface area contributed by atoms with E-state index in [0.29, 0.717) is 16.9 Å². The van der Waals surface area contributed by atoms with Gasteiger partial charge in [-0.2, -0.15) is 0 Å². The van der Waals surface area contributed by atoms with Crippen molar-refractivity contribution >= 4 is 29.0 Å². The summed E-state index contributed by atoms with van der Waals surface area (Å²) in [6.07, 6.45) is 0. The lowest BCUT2D eigenvalue weighted by Crippen LogP contribution is -2.09. The van der Waals surface area contributed by atoms with Gasteiger partial charge in [-0.3, -0.25) is 14.9 Å². The van der Waals surface area contributed by atoms with Crippen LogP contribution in [0.2, 0.25) is 5.02 Å². The van der Waals surface area contributed by atoms with Gasteiger partial charge in [0.1, 0.15) is 17.9 Å². The Bertz CT molecular complexity index is 849. The van der Waals surface area contributed by atoms with E-state index in [2.05, 4.69) is 0 Å². The fourth-order valence-corrected chi connectivity index (χ4v) is 2.33. The van der Waals surface area contributed by atoms with Gasteiger partial charge in [0.2, 0.25) is 0 Å². The Morgan fingerprint density at radius 1 is 1.20 bits per heavy atom. The molecule has 0 unspecified atom stereocenters. The number of carbonyl (C=O) groups excluding carboxylic acids is 2. The van der Waals surface area contributed by atoms with Crippen LogP contribution in [-0.4, -0.2) is 23.8 Å². The van der Waals surface area contributed by atoms with E-state index in [9.17, 15) is 19.7 Å². The zero-order valence-electron chi connectivity index (χ0n) is 13.4. The number of halogens is 1. The van der Waals surface area contributed by atoms with Crippen molar-refractivity contribution in [1.82, 2.24) is 0 Å². The Morgan fingerprint density at radius 2 is 1.92 bits per heavy atom. The zero-order chi connectivity index (χ0) is 18.6. The third kappa shape index (κ3) is 4.33. The molecule has 0 heterocycles. The summed E-state index contributed by atoms with van der Waals surface area (Å²) in [6, 6.07) is 8.34. The minimum atomic E-state index is -0.899. The second kappa shape index (κ2) is 7.76. The van der Waals surface area contributed by atoms with E-state index in [4.69, 9.17) is 21.1 Å². The van der Waals surface area contributed by atoms with Crippen LogP contribution in [0, 0.1) is 10.1 Å². The summed E-state index contributed by atoms with van der Waals surface area (Å²) in [5.41, 5.74) is 0.242. The number of hydrogen-bond donors (Lipinski definition) is 0. The standard InChI is InChI=1S/C17H14ClNO6/c1-10(20)11-3-6-16(24-2)12(7-11)9-25-17(21)14-8-13(18)4-5-15(14)19(22)23/h3-8H,9H2,1-2H3. The van der Waals surface area contributed by atoms with Gasteiger partial charge in [-0.15, -0.1) is 0 Å². The molecule has 0 aromatic heterocycles. The summed E-state index contributed by atoms with van der Waals surface area (Å²) < 4.78 is 10.3. The molecule has 2 aromatic rings. The smallest absolute Gasteiger partial charge is 0.345 e. The fourth-order valence-electron chi connectivity index (χ4n) is 2.16. The van der Waals surface area contributed by atoms with Crippen molar-refractivity contribution in [2.24, 2.45) is 0 Å². The Balaban J connectivity index is 2.26. The molecule has 130 valence electrons. The molecule has 0 radical (unpaired) electrons. The highest BCUT2D eigenvalue weighted by molar-refractivity contribution is 6.31. The van der Waals surface area contributed by atoms with Crippen molar-refractivity contribution in [2.75, 3.05) is 7.11 Å². The van der Waals surface area contributed by atoms with Crippen molar-refractivity contribution in [3.05, 3.63) is 68.2 Å². The van der Waals surface area contributed by atoms with Crippen molar-refractivity contribution < 1.29 is 24.0 Å². The first kappa shape index (κ1) is 18.4. The van der Waals surface area contributed by atoms with Gasteiger partial charge in [-0.05, 0) is 37.3 Å². The fraction of sp³-hybridized carbons (Fsp3) is 0.176. The maximum absolute atomic E-state index is 12.2. The molecule has 0 amide bonds. The lowest BCUT2D eigenvalue weighted by Gasteiger charge is -2.11. The van der Waals surface area contributed by atoms with Crippen molar-refractivity contribution in [3.63, 3.8) is 0 Å². The molecule has 0 saturated carbocycles. The summed E-state index contributed by atoms with van der Waals surface area (Å²) >= 11 is 5.80. The van der Waals surface area contributed by atoms with E-state index in [1.807, 2.05) is 0 Å². The van der Waals surface area contributed by atoms with Crippen molar-refractivity contribution in [2.45, 2.75) is 13.5 Å². The Hall–Kier alpha value is -2.93. The number of rotatable bonds is 6. The molecule has 0 aliphatic carbocycles. The van der Waals surface area contributed by atoms with Gasteiger partial charge < -0.3 is 9.47 Å². The molecule has 0 fully saturated rings. The largest absolute Gasteiger partial charge is 0.496 e. The second-order valence-electron chi connectivity index (χ2n) is 5.08. The van der Waals surface area contributed by atoms with Gasteiger partial charge in [0.05, 0.1) is 12.0 Å². The number of hydrogen-bond acceptors (Lipinski definition) is 6. The number of methoxy groups -OCH3 is 1. The van der Waals surface area contributed by atoms with E-state index in [-0.39, 0.29) is 23.0 Å². The van der Waals surface area contributed by atoms with Gasteiger partial charge in [-0.25, -0.2) is 4.79 Å². The topological polar surface area (TPSA) is 95.7 Å². The van der Waals surface area contributed by atoms with Gasteiger partial charge >= 0.3 is 5.97 Å². The lowest BCUT2D eigenvalue weighted by molar-refractivity contribution is -0.385. The third-order valence-corrected chi connectivity index (χ3v) is 3.66. The van der Waals surface area contributed by atoms with Crippen molar-refractivity contribution in [3.8, 4) is 5.75 Å². The summed E-state index contributed by atoms with van der Waals surface area (Å²) in [5.74, 6) is -0.622. The number of nitrogens with zero attached hydrogens (tertiary/aromatic N) is 1. The average Bonchev–Trinajstić information content (AvgIpc) is 2.58. The molecule has 0 saturated heterocycles. The van der Waals surface area contributed by atoms with E-state index in [1.54, 1.807) is 18.2 Å². The van der Waals surface area contributed by atoms with Crippen molar-refractivity contribution in [1.29, 1.82) is 0 Å². The van der Waals surface area contributed by atoms with Crippen LogP contribution in [0.3, 0.4) is 0 Å². The van der Waals surface area contributed by atoms with Crippen LogP contribution in [-0.2, 0) is 11.3 Å². The molecule has 0 bridgehead atoms. The monoisotopic (exact) mass is 363 g/mol. The van der Waals surface area contributed by atoms with Gasteiger partial charge in [0.25, 0.3) is 5.69 Å². The molecule has 25 heavy (non-hydrogen) atoms. The predicted molar refractivity (Wildman–Crippen MR) is 90.2 cm³/mol. The number of Topliss-reactive ketones (excluding diaryl/α,β-unsaturated/α-hetero) is 1. The molecular weight excluding hydrogens is 350 g/mol. The lowest BCUT2D eigenvalue weighted by atomic mass is 10.1. The van der Waals surface area contributed by atoms with Crippen LogP contribution in [0.5, 0.6) is 5.75 Å². The number of nitro benzene ring substituents is 1. The molecule has 0 spiro atoms. The molecule has 0 N–H and O–H groups in total. The SMILES string of the molecule is COc1ccc(C(C)=O)cc1COC(=O)c1cc(Cl)ccc1[N+](=O)[O-]. The maximum atomic E-state index is 12.2. The highest BCUT2D eigenvalue weighted by Crippen LogP contribution is 2.25. The van der Waals surface area contributed by atoms with Gasteiger partial charge in [-0.1, -0.05) is 11.6 Å². The normalized spacial score (nSPS) is 10.2. The van der Waals surface area contributed by atoms with Crippen LogP contribution >= 0.6 is 11.6 Å². The second-order valence-corrected chi connectivity index (χ2v) is 5.51. The zero-order valence-corrected chi connectivity index (χ0v) is 14.2. The van der Waals surface area contributed by atoms with E-state index in [1.165, 1.54) is 26.2 Å². The van der Waals surface area contributed by atoms with Crippen LogP contribution in [0.25, 0.3) is 0 Å².